The van der Waals surface area contributed by atoms with E-state index in [1.807, 2.05) is 13.8 Å². The molecule has 0 bridgehead atoms. The third kappa shape index (κ3) is 6.95. The van der Waals surface area contributed by atoms with Gasteiger partial charge in [-0.05, 0) is 171 Å². The summed E-state index contributed by atoms with van der Waals surface area (Å²) in [7, 11) is 0. The fourth-order valence-corrected chi connectivity index (χ4v) is 19.7. The number of aliphatic hydroxyl groups is 4. The molecule has 0 aromatic carbocycles. The summed E-state index contributed by atoms with van der Waals surface area (Å²) in [5.74, 6) is 5.67. The van der Waals surface area contributed by atoms with Crippen molar-refractivity contribution in [1.82, 2.24) is 14.9 Å². The number of nitrogens with zero attached hydrogens (tertiary/aromatic N) is 3. The van der Waals surface area contributed by atoms with Crippen molar-refractivity contribution < 1.29 is 34.7 Å². The molecule has 4 unspecified atom stereocenters. The number of hydrogen-bond acceptors (Lipinski definition) is 7. The molecule has 2 aromatic heterocycles. The summed E-state index contributed by atoms with van der Waals surface area (Å²) in [6.07, 6.45) is 22.1. The van der Waals surface area contributed by atoms with E-state index in [2.05, 4.69) is 94.4 Å². The molecule has 0 aliphatic heterocycles. The number of aliphatic hydroxyl groups excluding tert-OH is 2. The second kappa shape index (κ2) is 16.8. The van der Waals surface area contributed by atoms with Crippen LogP contribution in [0.25, 0.3) is 12.2 Å². The highest BCUT2D eigenvalue weighted by molar-refractivity contribution is 5.89. The molecule has 10 aliphatic carbocycles. The molecule has 10 heteroatoms. The third-order valence-electron chi connectivity index (χ3n) is 23.5. The van der Waals surface area contributed by atoms with E-state index in [-0.39, 0.29) is 46.1 Å². The molecule has 10 aliphatic rings. The van der Waals surface area contributed by atoms with Crippen molar-refractivity contribution >= 4 is 23.7 Å². The van der Waals surface area contributed by atoms with Crippen molar-refractivity contribution in [3.8, 4) is 0 Å². The van der Waals surface area contributed by atoms with Gasteiger partial charge in [-0.1, -0.05) is 93.2 Å². The van der Waals surface area contributed by atoms with E-state index >= 15 is 0 Å². The van der Waals surface area contributed by atoms with E-state index in [0.717, 1.165) is 75.3 Å². The molecule has 8 fully saturated rings. The van der Waals surface area contributed by atoms with Gasteiger partial charge in [0, 0.05) is 41.7 Å². The molecule has 2 heterocycles. The van der Waals surface area contributed by atoms with Gasteiger partial charge in [-0.25, -0.2) is 0 Å². The average Bonchev–Trinajstić information content (AvgIpc) is 4.09. The minimum atomic E-state index is -1.29. The maximum atomic E-state index is 12.9. The molecule has 0 radical (unpaired) electrons. The minimum absolute atomic E-state index is 0.0380. The zero-order valence-corrected chi connectivity index (χ0v) is 44.6. The van der Waals surface area contributed by atoms with Gasteiger partial charge >= 0.3 is 0 Å². The second-order valence-electron chi connectivity index (χ2n) is 26.9. The Balaban J connectivity index is 0.000000152. The highest BCUT2D eigenvalue weighted by Crippen LogP contribution is 2.70. The zero-order chi connectivity index (χ0) is 49.8. The normalized spacial score (nSPS) is 47.9. The predicted molar refractivity (Wildman–Crippen MR) is 271 cm³/mol. The second-order valence-corrected chi connectivity index (χ2v) is 26.9. The van der Waals surface area contributed by atoms with E-state index in [0.29, 0.717) is 62.2 Å². The number of nitrogens with one attached hydrogen (secondary N) is 1. The molecule has 10 nitrogen and oxygen atoms in total. The summed E-state index contributed by atoms with van der Waals surface area (Å²) in [6.45, 7) is 24.1. The SMILES string of the molecule is CCC(=O)[C@@]1(O)CC[C@H]2[C@@H]3C[C@H](C)C4=Cc5[nH][n+](CC6CC6CC)cc5C[C@]4(C)[C@H]3[C@@H](O)C[C@@]21C.CCC(=O)[C@@]1(O)CC[C@H]2[C@@H]3C[C@H](C)C4=Cc5c(cnn5CC5CC5CC)C[C@]4(C)[C@H]3[C@@H](O)C[C@@]21C. The first-order valence-electron chi connectivity index (χ1n) is 28.6. The van der Waals surface area contributed by atoms with Gasteiger partial charge in [0.2, 0.25) is 0 Å². The highest BCUT2D eigenvalue weighted by atomic mass is 16.3. The lowest BCUT2D eigenvalue weighted by molar-refractivity contribution is -0.753. The van der Waals surface area contributed by atoms with Gasteiger partial charge in [0.15, 0.2) is 24.3 Å². The van der Waals surface area contributed by atoms with Crippen LogP contribution in [0.4, 0.5) is 0 Å². The Morgan fingerprint density at radius 2 is 1.21 bits per heavy atom. The fourth-order valence-electron chi connectivity index (χ4n) is 19.7. The largest absolute Gasteiger partial charge is 0.393 e. The number of rotatable bonds is 10. The number of aromatic amines is 1. The topological polar surface area (TPSA) is 153 Å². The van der Waals surface area contributed by atoms with Crippen molar-refractivity contribution in [3.63, 3.8) is 0 Å². The third-order valence-corrected chi connectivity index (χ3v) is 23.5. The number of fused-ring (bicyclic) bond motifs is 12. The molecule has 384 valence electrons. The lowest BCUT2D eigenvalue weighted by Gasteiger charge is -2.61. The van der Waals surface area contributed by atoms with Gasteiger partial charge in [-0.15, -0.1) is 4.68 Å². The van der Waals surface area contributed by atoms with Crippen LogP contribution in [0.2, 0.25) is 0 Å². The molecule has 0 amide bonds. The minimum Gasteiger partial charge on any atom is -0.393 e. The quantitative estimate of drug-likeness (QED) is 0.149. The number of ketones is 2. The van der Waals surface area contributed by atoms with Crippen molar-refractivity contribution in [1.29, 1.82) is 0 Å². The summed E-state index contributed by atoms with van der Waals surface area (Å²) >= 11 is 0. The maximum absolute atomic E-state index is 12.9. The predicted octanol–water partition coefficient (Wildman–Crippen LogP) is 9.50. The Bertz CT molecular complexity index is 2490. The van der Waals surface area contributed by atoms with Crippen molar-refractivity contribution in [2.75, 3.05) is 0 Å². The van der Waals surface area contributed by atoms with Gasteiger partial charge in [0.05, 0.1) is 24.1 Å². The molecule has 20 atom stereocenters. The molecule has 0 saturated heterocycles. The average molecular weight is 962 g/mol. The number of hydrogen-bond donors (Lipinski definition) is 5. The first-order valence-corrected chi connectivity index (χ1v) is 28.6. The molecule has 5 N–H and O–H groups in total. The Kier molecular flexibility index (Phi) is 11.8. The van der Waals surface area contributed by atoms with Crippen LogP contribution in [0.5, 0.6) is 0 Å². The molecule has 70 heavy (non-hydrogen) atoms. The van der Waals surface area contributed by atoms with E-state index in [9.17, 15) is 30.0 Å². The molecule has 8 saturated carbocycles. The van der Waals surface area contributed by atoms with E-state index < -0.39 is 34.2 Å². The Morgan fingerprint density at radius 1 is 0.714 bits per heavy atom. The van der Waals surface area contributed by atoms with Crippen LogP contribution in [-0.4, -0.2) is 70.3 Å². The molecule has 0 spiro atoms. The first-order chi connectivity index (χ1) is 33.1. The van der Waals surface area contributed by atoms with E-state index in [1.54, 1.807) is 0 Å². The monoisotopic (exact) mass is 962 g/mol. The first kappa shape index (κ1) is 49.3. The number of allylic oxidation sites excluding steroid dienone is 2. The number of Topliss-reactive ketones (excluding diaryl/α,β-unsaturated/α-hetero) is 2. The van der Waals surface area contributed by atoms with Gasteiger partial charge in [0.25, 0.3) is 0 Å². The molecule has 2 aromatic rings. The van der Waals surface area contributed by atoms with Crippen LogP contribution >= 0.6 is 0 Å². The van der Waals surface area contributed by atoms with Gasteiger partial charge in [-0.2, -0.15) is 10.2 Å². The summed E-state index contributed by atoms with van der Waals surface area (Å²) < 4.78 is 4.57. The zero-order valence-electron chi connectivity index (χ0n) is 44.6. The Labute approximate surface area is 418 Å². The van der Waals surface area contributed by atoms with Gasteiger partial charge in [0.1, 0.15) is 16.9 Å². The van der Waals surface area contributed by atoms with Crippen molar-refractivity contribution in [3.05, 3.63) is 46.1 Å². The lowest BCUT2D eigenvalue weighted by atomic mass is 9.44. The molecular formula is C60H89N4O6+. The molecular weight excluding hydrogens is 873 g/mol. The maximum Gasteiger partial charge on any atom is 0.199 e. The summed E-state index contributed by atoms with van der Waals surface area (Å²) in [5.41, 5.74) is 4.38. The number of H-pyrrole nitrogens is 1. The van der Waals surface area contributed by atoms with Crippen molar-refractivity contribution in [2.45, 2.75) is 208 Å². The summed E-state index contributed by atoms with van der Waals surface area (Å²) in [5, 5.41) is 55.3. The van der Waals surface area contributed by atoms with Crippen LogP contribution in [0.3, 0.4) is 0 Å². The van der Waals surface area contributed by atoms with Crippen LogP contribution in [0.1, 0.15) is 182 Å². The molecule has 12 rings (SSSR count). The summed E-state index contributed by atoms with van der Waals surface area (Å²) in [4.78, 5) is 25.9. The van der Waals surface area contributed by atoms with Crippen molar-refractivity contribution in [2.24, 2.45) is 92.7 Å². The summed E-state index contributed by atoms with van der Waals surface area (Å²) in [6, 6.07) is 0. The highest BCUT2D eigenvalue weighted by Gasteiger charge is 2.70. The number of carbonyl (C=O) groups is 2. The van der Waals surface area contributed by atoms with Gasteiger partial charge < -0.3 is 20.4 Å². The van der Waals surface area contributed by atoms with Crippen LogP contribution in [-0.2, 0) is 35.5 Å². The fraction of sp³-hybridized carbons (Fsp3) is 0.800. The van der Waals surface area contributed by atoms with E-state index in [4.69, 9.17) is 5.10 Å². The van der Waals surface area contributed by atoms with Crippen LogP contribution in [0.15, 0.2) is 23.5 Å². The number of aromatic nitrogens is 4. The van der Waals surface area contributed by atoms with Crippen LogP contribution < -0.4 is 4.68 Å². The lowest BCUT2D eigenvalue weighted by Crippen LogP contribution is -2.62. The standard InChI is InChI=1S/2C30H44N2O3/c1-6-18-11-19(18)16-32-24-12-23-17(3)10-21-22-8-9-30(35,26(34)7-2)29(22,5)14-25(33)27(21)28(23,4)13-20(24)15-31-32;1-6-18-11-19(18)15-32-16-20-13-28(4)23(12-24(20)31-32)17(3)10-21-22-8-9-30(35,26(34)7-2)29(22,5)14-25(33)27(21)28/h12,15,17-19,21-22,25,27,33,35H,6-11,13-14,16H2,1-5H3;12,16-19,21-22,25,27,33,35H,6-11,13-15H2,1-5H3/p+1/t2*17-,18?,19?,21-,22-,25-,27+,28-,29-,30-/m00/s1. The van der Waals surface area contributed by atoms with Gasteiger partial charge in [-0.3, -0.25) is 14.3 Å². The van der Waals surface area contributed by atoms with E-state index in [1.165, 1.54) is 59.3 Å². The van der Waals surface area contributed by atoms with Crippen LogP contribution in [0, 0.1) is 92.7 Å². The Hall–Kier alpha value is -2.92. The number of carbonyl (C=O) groups excluding carboxylic acids is 2. The Morgan fingerprint density at radius 3 is 1.71 bits per heavy atom. The smallest absolute Gasteiger partial charge is 0.199 e.